The fraction of sp³-hybridized carbons (Fsp3) is 0.706. The SMILES string of the molecule is C[C@H](CO)C[C@H](C)C1CCC2=CC(=O)C=C[C@]2(C)[C@@H]1Cl. The van der Waals surface area contributed by atoms with Crippen LogP contribution in [0.25, 0.3) is 0 Å². The molecule has 0 saturated heterocycles. The summed E-state index contributed by atoms with van der Waals surface area (Å²) in [4.78, 5) is 11.5. The summed E-state index contributed by atoms with van der Waals surface area (Å²) in [5, 5.41) is 9.25. The lowest BCUT2D eigenvalue weighted by atomic mass is 9.62. The highest BCUT2D eigenvalue weighted by molar-refractivity contribution is 6.22. The van der Waals surface area contributed by atoms with Crippen molar-refractivity contribution in [1.29, 1.82) is 0 Å². The molecule has 2 aliphatic carbocycles. The van der Waals surface area contributed by atoms with Crippen molar-refractivity contribution in [3.63, 3.8) is 0 Å². The molecule has 2 rings (SSSR count). The fourth-order valence-electron chi connectivity index (χ4n) is 3.72. The first-order valence-corrected chi connectivity index (χ1v) is 8.01. The van der Waals surface area contributed by atoms with Gasteiger partial charge in [-0.15, -0.1) is 11.6 Å². The Kier molecular flexibility index (Phi) is 4.76. The van der Waals surface area contributed by atoms with Crippen molar-refractivity contribution in [2.24, 2.45) is 23.2 Å². The summed E-state index contributed by atoms with van der Waals surface area (Å²) in [5.74, 6) is 1.33. The third-order valence-corrected chi connectivity index (χ3v) is 5.89. The summed E-state index contributed by atoms with van der Waals surface area (Å²) < 4.78 is 0. The number of fused-ring (bicyclic) bond motifs is 1. The number of aliphatic hydroxyl groups excluding tert-OH is 1. The topological polar surface area (TPSA) is 37.3 Å². The van der Waals surface area contributed by atoms with Crippen molar-refractivity contribution in [3.8, 4) is 0 Å². The Labute approximate surface area is 126 Å². The van der Waals surface area contributed by atoms with Gasteiger partial charge in [0.2, 0.25) is 0 Å². The summed E-state index contributed by atoms with van der Waals surface area (Å²) in [7, 11) is 0. The van der Waals surface area contributed by atoms with E-state index in [1.807, 2.05) is 6.08 Å². The quantitative estimate of drug-likeness (QED) is 0.803. The van der Waals surface area contributed by atoms with E-state index in [0.717, 1.165) is 19.3 Å². The molecule has 0 aromatic rings. The second kappa shape index (κ2) is 6.03. The summed E-state index contributed by atoms with van der Waals surface area (Å²) in [6.07, 6.45) is 8.42. The van der Waals surface area contributed by atoms with Gasteiger partial charge in [-0.3, -0.25) is 4.79 Å². The Balaban J connectivity index is 2.15. The molecule has 0 bridgehead atoms. The minimum absolute atomic E-state index is 0.0211. The number of alkyl halides is 1. The van der Waals surface area contributed by atoms with Crippen molar-refractivity contribution in [2.75, 3.05) is 6.61 Å². The zero-order valence-corrected chi connectivity index (χ0v) is 13.4. The second-order valence-electron chi connectivity index (χ2n) is 6.79. The van der Waals surface area contributed by atoms with Crippen LogP contribution in [0.4, 0.5) is 0 Å². The average molecular weight is 297 g/mol. The van der Waals surface area contributed by atoms with Crippen LogP contribution in [0.1, 0.15) is 40.0 Å². The first kappa shape index (κ1) is 15.8. The number of carbonyl (C=O) groups excluding carboxylic acids is 1. The van der Waals surface area contributed by atoms with Gasteiger partial charge in [0.1, 0.15) is 0 Å². The zero-order chi connectivity index (χ0) is 14.9. The molecule has 3 heteroatoms. The molecule has 112 valence electrons. The Hall–Kier alpha value is -0.600. The summed E-state index contributed by atoms with van der Waals surface area (Å²) in [5.41, 5.74) is 0.999. The van der Waals surface area contributed by atoms with E-state index in [4.69, 9.17) is 11.6 Å². The molecule has 0 radical (unpaired) electrons. The third-order valence-electron chi connectivity index (χ3n) is 5.11. The van der Waals surface area contributed by atoms with E-state index in [-0.39, 0.29) is 23.2 Å². The van der Waals surface area contributed by atoms with E-state index >= 15 is 0 Å². The number of carbonyl (C=O) groups is 1. The molecule has 0 aliphatic heterocycles. The number of ketones is 1. The van der Waals surface area contributed by atoms with Crippen LogP contribution in [0.2, 0.25) is 0 Å². The molecular formula is C17H25ClO2. The van der Waals surface area contributed by atoms with Gasteiger partial charge in [-0.25, -0.2) is 0 Å². The molecule has 0 aromatic carbocycles. The molecule has 2 aliphatic rings. The number of halogens is 1. The minimum atomic E-state index is -0.185. The molecular weight excluding hydrogens is 272 g/mol. The Morgan fingerprint density at radius 2 is 2.20 bits per heavy atom. The van der Waals surface area contributed by atoms with Crippen LogP contribution < -0.4 is 0 Å². The first-order chi connectivity index (χ1) is 9.38. The van der Waals surface area contributed by atoms with Crippen molar-refractivity contribution >= 4 is 17.4 Å². The van der Waals surface area contributed by atoms with Crippen molar-refractivity contribution in [3.05, 3.63) is 23.8 Å². The highest BCUT2D eigenvalue weighted by Crippen LogP contribution is 2.51. The van der Waals surface area contributed by atoms with Gasteiger partial charge >= 0.3 is 0 Å². The van der Waals surface area contributed by atoms with Crippen molar-refractivity contribution in [1.82, 2.24) is 0 Å². The van der Waals surface area contributed by atoms with E-state index in [9.17, 15) is 9.90 Å². The van der Waals surface area contributed by atoms with Crippen LogP contribution in [0.5, 0.6) is 0 Å². The minimum Gasteiger partial charge on any atom is -0.396 e. The maximum atomic E-state index is 11.5. The van der Waals surface area contributed by atoms with Crippen LogP contribution >= 0.6 is 11.6 Å². The lowest BCUT2D eigenvalue weighted by Gasteiger charge is -2.46. The van der Waals surface area contributed by atoms with Gasteiger partial charge in [0.25, 0.3) is 0 Å². The van der Waals surface area contributed by atoms with Crippen LogP contribution in [0.15, 0.2) is 23.8 Å². The number of rotatable bonds is 4. The smallest absolute Gasteiger partial charge is 0.178 e. The third kappa shape index (κ3) is 2.87. The molecule has 0 spiro atoms. The largest absolute Gasteiger partial charge is 0.396 e. The van der Waals surface area contributed by atoms with Gasteiger partial charge in [-0.1, -0.05) is 32.4 Å². The van der Waals surface area contributed by atoms with E-state index < -0.39 is 0 Å². The average Bonchev–Trinajstić information content (AvgIpc) is 2.41. The maximum absolute atomic E-state index is 11.5. The molecule has 1 N–H and O–H groups in total. The van der Waals surface area contributed by atoms with Gasteiger partial charge in [-0.2, -0.15) is 0 Å². The number of allylic oxidation sites excluding steroid dienone is 4. The fourth-order valence-corrected chi connectivity index (χ4v) is 4.31. The number of hydrogen-bond acceptors (Lipinski definition) is 2. The van der Waals surface area contributed by atoms with E-state index in [1.54, 1.807) is 12.2 Å². The predicted molar refractivity (Wildman–Crippen MR) is 82.7 cm³/mol. The van der Waals surface area contributed by atoms with Crippen LogP contribution in [0, 0.1) is 23.2 Å². The predicted octanol–water partition coefficient (Wildman–Crippen LogP) is 3.73. The molecule has 2 nitrogen and oxygen atoms in total. The molecule has 1 saturated carbocycles. The zero-order valence-electron chi connectivity index (χ0n) is 12.6. The van der Waals surface area contributed by atoms with Crippen LogP contribution in [-0.4, -0.2) is 22.9 Å². The van der Waals surface area contributed by atoms with Crippen LogP contribution in [-0.2, 0) is 4.79 Å². The molecule has 0 aromatic heterocycles. The molecule has 0 amide bonds. The lowest BCUT2D eigenvalue weighted by molar-refractivity contribution is -0.110. The van der Waals surface area contributed by atoms with E-state index in [1.165, 1.54) is 5.57 Å². The van der Waals surface area contributed by atoms with Gasteiger partial charge in [0, 0.05) is 17.4 Å². The Bertz CT molecular complexity index is 440. The van der Waals surface area contributed by atoms with Gasteiger partial charge in [-0.05, 0) is 49.2 Å². The molecule has 20 heavy (non-hydrogen) atoms. The maximum Gasteiger partial charge on any atom is 0.178 e. The Morgan fingerprint density at radius 3 is 2.85 bits per heavy atom. The second-order valence-corrected chi connectivity index (χ2v) is 7.26. The summed E-state index contributed by atoms with van der Waals surface area (Å²) in [6, 6.07) is 0. The van der Waals surface area contributed by atoms with Crippen LogP contribution in [0.3, 0.4) is 0 Å². The summed E-state index contributed by atoms with van der Waals surface area (Å²) in [6.45, 7) is 6.70. The lowest BCUT2D eigenvalue weighted by Crippen LogP contribution is -2.42. The van der Waals surface area contributed by atoms with Gasteiger partial charge in [0.15, 0.2) is 5.78 Å². The molecule has 1 unspecified atom stereocenters. The van der Waals surface area contributed by atoms with Crippen molar-refractivity contribution < 1.29 is 9.90 Å². The van der Waals surface area contributed by atoms with E-state index in [0.29, 0.717) is 17.8 Å². The van der Waals surface area contributed by atoms with Gasteiger partial charge in [0.05, 0.1) is 0 Å². The molecule has 1 fully saturated rings. The highest BCUT2D eigenvalue weighted by Gasteiger charge is 2.45. The monoisotopic (exact) mass is 296 g/mol. The number of hydrogen-bond donors (Lipinski definition) is 1. The normalized spacial score (nSPS) is 36.2. The first-order valence-electron chi connectivity index (χ1n) is 7.57. The van der Waals surface area contributed by atoms with Crippen molar-refractivity contribution in [2.45, 2.75) is 45.4 Å². The number of aliphatic hydroxyl groups is 1. The summed E-state index contributed by atoms with van der Waals surface area (Å²) >= 11 is 6.80. The highest BCUT2D eigenvalue weighted by atomic mass is 35.5. The standard InChI is InChI=1S/C17H25ClO2/c1-11(10-19)8-12(2)15-5-4-13-9-14(20)6-7-17(13,3)16(15)18/h6-7,9,11-12,15-16,19H,4-5,8,10H2,1-3H3/t11-,12-,15?,16+,17-/m0/s1. The van der Waals surface area contributed by atoms with E-state index in [2.05, 4.69) is 20.8 Å². The Morgan fingerprint density at radius 1 is 1.50 bits per heavy atom. The van der Waals surface area contributed by atoms with Gasteiger partial charge < -0.3 is 5.11 Å². The molecule has 0 heterocycles. The molecule has 5 atom stereocenters.